The van der Waals surface area contributed by atoms with E-state index in [9.17, 15) is 9.59 Å². The van der Waals surface area contributed by atoms with Crippen molar-refractivity contribution in [2.45, 2.75) is 13.3 Å². The molecule has 0 fully saturated rings. The Balaban J connectivity index is 1.69. The summed E-state index contributed by atoms with van der Waals surface area (Å²) in [4.78, 5) is 23.4. The molecule has 0 heterocycles. The fourth-order valence-electron chi connectivity index (χ4n) is 1.92. The molecule has 0 atom stereocenters. The van der Waals surface area contributed by atoms with Crippen molar-refractivity contribution in [3.63, 3.8) is 0 Å². The number of carbonyl (C=O) groups is 2. The van der Waals surface area contributed by atoms with Crippen LogP contribution in [0, 0.1) is 6.92 Å². The van der Waals surface area contributed by atoms with Crippen molar-refractivity contribution in [3.8, 4) is 5.75 Å². The number of ether oxygens (including phenoxy) is 2. The molecule has 0 aromatic heterocycles. The first-order valence-electron chi connectivity index (χ1n) is 7.44. The summed E-state index contributed by atoms with van der Waals surface area (Å²) in [7, 11) is 0. The molecule has 5 nitrogen and oxygen atoms in total. The second kappa shape index (κ2) is 8.93. The maximum Gasteiger partial charge on any atom is 0.309 e. The lowest BCUT2D eigenvalue weighted by Gasteiger charge is -2.10. The van der Waals surface area contributed by atoms with Crippen molar-refractivity contribution in [1.82, 2.24) is 0 Å². The van der Waals surface area contributed by atoms with Crippen LogP contribution in [-0.4, -0.2) is 25.1 Å². The second-order valence-electron chi connectivity index (χ2n) is 5.03. The first-order chi connectivity index (χ1) is 11.6. The van der Waals surface area contributed by atoms with Crippen LogP contribution >= 0.6 is 11.6 Å². The molecule has 0 spiro atoms. The van der Waals surface area contributed by atoms with Gasteiger partial charge in [0, 0.05) is 10.7 Å². The first kappa shape index (κ1) is 17.8. The van der Waals surface area contributed by atoms with Gasteiger partial charge in [-0.05, 0) is 36.8 Å². The molecule has 0 unspecified atom stereocenters. The van der Waals surface area contributed by atoms with E-state index in [-0.39, 0.29) is 19.6 Å². The topological polar surface area (TPSA) is 64.6 Å². The third-order valence-corrected chi connectivity index (χ3v) is 3.63. The van der Waals surface area contributed by atoms with Crippen LogP contribution in [0.3, 0.4) is 0 Å². The van der Waals surface area contributed by atoms with Gasteiger partial charge in [-0.1, -0.05) is 35.9 Å². The average Bonchev–Trinajstić information content (AvgIpc) is 2.58. The molecule has 0 radical (unpaired) electrons. The summed E-state index contributed by atoms with van der Waals surface area (Å²) in [6.45, 7) is 1.64. The van der Waals surface area contributed by atoms with Crippen molar-refractivity contribution >= 4 is 29.2 Å². The van der Waals surface area contributed by atoms with E-state index in [1.807, 2.05) is 18.2 Å². The largest absolute Gasteiger partial charge is 0.493 e. The number of halogens is 1. The van der Waals surface area contributed by atoms with Crippen LogP contribution in [0.25, 0.3) is 0 Å². The van der Waals surface area contributed by atoms with Gasteiger partial charge in [0.1, 0.15) is 5.75 Å². The molecular weight excluding hydrogens is 330 g/mol. The van der Waals surface area contributed by atoms with E-state index in [0.29, 0.717) is 16.5 Å². The van der Waals surface area contributed by atoms with Crippen LogP contribution in [0.5, 0.6) is 5.75 Å². The number of esters is 1. The van der Waals surface area contributed by atoms with E-state index in [0.717, 1.165) is 5.56 Å². The van der Waals surface area contributed by atoms with E-state index >= 15 is 0 Å². The summed E-state index contributed by atoms with van der Waals surface area (Å²) in [5.41, 5.74) is 1.35. The zero-order chi connectivity index (χ0) is 17.4. The number of para-hydroxylation sites is 1. The minimum Gasteiger partial charge on any atom is -0.493 e. The summed E-state index contributed by atoms with van der Waals surface area (Å²) in [6, 6.07) is 14.4. The molecule has 0 bridgehead atoms. The molecule has 0 saturated heterocycles. The van der Waals surface area contributed by atoms with E-state index < -0.39 is 11.9 Å². The number of rotatable bonds is 7. The van der Waals surface area contributed by atoms with Gasteiger partial charge in [0.15, 0.2) is 6.61 Å². The molecule has 24 heavy (non-hydrogen) atoms. The van der Waals surface area contributed by atoms with Crippen molar-refractivity contribution in [2.75, 3.05) is 18.5 Å². The van der Waals surface area contributed by atoms with E-state index in [1.165, 1.54) is 0 Å². The minimum atomic E-state index is -0.496. The molecule has 6 heteroatoms. The average molecular weight is 348 g/mol. The van der Waals surface area contributed by atoms with Gasteiger partial charge in [-0.3, -0.25) is 9.59 Å². The molecule has 2 aromatic carbocycles. The van der Waals surface area contributed by atoms with Crippen LogP contribution in [-0.2, 0) is 14.3 Å². The number of anilines is 1. The predicted molar refractivity (Wildman–Crippen MR) is 92.3 cm³/mol. The summed E-state index contributed by atoms with van der Waals surface area (Å²) in [6.07, 6.45) is 0.0678. The van der Waals surface area contributed by atoms with E-state index in [2.05, 4.69) is 5.32 Å². The summed E-state index contributed by atoms with van der Waals surface area (Å²) >= 11 is 5.98. The summed E-state index contributed by atoms with van der Waals surface area (Å²) in [5, 5.41) is 3.21. The molecule has 2 aromatic rings. The van der Waals surface area contributed by atoms with Crippen LogP contribution < -0.4 is 10.1 Å². The molecule has 0 aliphatic rings. The summed E-state index contributed by atoms with van der Waals surface area (Å²) < 4.78 is 10.3. The van der Waals surface area contributed by atoms with Crippen molar-refractivity contribution in [3.05, 3.63) is 59.1 Å². The van der Waals surface area contributed by atoms with Crippen molar-refractivity contribution < 1.29 is 19.1 Å². The molecule has 0 saturated carbocycles. The zero-order valence-electron chi connectivity index (χ0n) is 13.3. The Labute approximate surface area is 145 Å². The maximum atomic E-state index is 11.8. The van der Waals surface area contributed by atoms with Gasteiger partial charge in [-0.25, -0.2) is 0 Å². The number of carbonyl (C=O) groups excluding carboxylic acids is 2. The first-order valence-corrected chi connectivity index (χ1v) is 7.82. The number of amides is 1. The molecule has 1 amide bonds. The highest BCUT2D eigenvalue weighted by Gasteiger charge is 2.10. The van der Waals surface area contributed by atoms with E-state index in [1.54, 1.807) is 37.3 Å². The Morgan fingerprint density at radius 2 is 1.83 bits per heavy atom. The smallest absolute Gasteiger partial charge is 0.309 e. The number of benzene rings is 2. The molecule has 0 aliphatic heterocycles. The normalized spacial score (nSPS) is 10.1. The molecule has 2 rings (SSSR count). The third-order valence-electron chi connectivity index (χ3n) is 3.22. The quantitative estimate of drug-likeness (QED) is 0.777. The third kappa shape index (κ3) is 5.59. The summed E-state index contributed by atoms with van der Waals surface area (Å²) in [5.74, 6) is -0.235. The zero-order valence-corrected chi connectivity index (χ0v) is 14.0. The standard InChI is InChI=1S/C18H18ClNO4/c1-13-15(19)8-5-9-16(13)20-17(21)12-24-18(22)10-11-23-14-6-3-2-4-7-14/h2-9H,10-12H2,1H3,(H,20,21). The van der Waals surface area contributed by atoms with E-state index in [4.69, 9.17) is 21.1 Å². The Hall–Kier alpha value is -2.53. The fourth-order valence-corrected chi connectivity index (χ4v) is 2.09. The van der Waals surface area contributed by atoms with Gasteiger partial charge < -0.3 is 14.8 Å². The SMILES string of the molecule is Cc1c(Cl)cccc1NC(=O)COC(=O)CCOc1ccccc1. The predicted octanol–water partition coefficient (Wildman–Crippen LogP) is 3.60. The van der Waals surface area contributed by atoms with Crippen molar-refractivity contribution in [1.29, 1.82) is 0 Å². The minimum absolute atomic E-state index is 0.0678. The lowest BCUT2D eigenvalue weighted by Crippen LogP contribution is -2.22. The van der Waals surface area contributed by atoms with Gasteiger partial charge in [0.2, 0.25) is 0 Å². The number of hydrogen-bond donors (Lipinski definition) is 1. The highest BCUT2D eigenvalue weighted by atomic mass is 35.5. The Kier molecular flexibility index (Phi) is 6.63. The van der Waals surface area contributed by atoms with Crippen molar-refractivity contribution in [2.24, 2.45) is 0 Å². The maximum absolute atomic E-state index is 11.8. The lowest BCUT2D eigenvalue weighted by molar-refractivity contribution is -0.147. The van der Waals surface area contributed by atoms with Gasteiger partial charge >= 0.3 is 5.97 Å². The van der Waals surface area contributed by atoms with Gasteiger partial charge in [0.25, 0.3) is 5.91 Å². The molecule has 0 aliphatic carbocycles. The van der Waals surface area contributed by atoms with Crippen LogP contribution in [0.1, 0.15) is 12.0 Å². The number of hydrogen-bond acceptors (Lipinski definition) is 4. The Morgan fingerprint density at radius 3 is 2.58 bits per heavy atom. The monoisotopic (exact) mass is 347 g/mol. The Morgan fingerprint density at radius 1 is 1.08 bits per heavy atom. The fraction of sp³-hybridized carbons (Fsp3) is 0.222. The van der Waals surface area contributed by atoms with Gasteiger partial charge in [-0.2, -0.15) is 0 Å². The molecule has 1 N–H and O–H groups in total. The van der Waals surface area contributed by atoms with Gasteiger partial charge in [-0.15, -0.1) is 0 Å². The highest BCUT2D eigenvalue weighted by Crippen LogP contribution is 2.22. The second-order valence-corrected chi connectivity index (χ2v) is 5.44. The lowest BCUT2D eigenvalue weighted by atomic mass is 10.2. The van der Waals surface area contributed by atoms with Crippen LogP contribution in [0.2, 0.25) is 5.02 Å². The van der Waals surface area contributed by atoms with Crippen LogP contribution in [0.4, 0.5) is 5.69 Å². The van der Waals surface area contributed by atoms with Gasteiger partial charge in [0.05, 0.1) is 13.0 Å². The number of nitrogens with one attached hydrogen (secondary N) is 1. The van der Waals surface area contributed by atoms with Crippen LogP contribution in [0.15, 0.2) is 48.5 Å². The molecular formula is C18H18ClNO4. The molecule has 126 valence electrons. The Bertz CT molecular complexity index is 703. The highest BCUT2D eigenvalue weighted by molar-refractivity contribution is 6.31.